The molecule has 172 valence electrons. The van der Waals surface area contributed by atoms with Crippen molar-refractivity contribution in [2.45, 2.75) is 56.3 Å². The average Bonchev–Trinajstić information content (AvgIpc) is 3.27. The first-order valence-electron chi connectivity index (χ1n) is 11.4. The summed E-state index contributed by atoms with van der Waals surface area (Å²) in [6.07, 6.45) is -1.52. The molecular weight excluding hydrogens is 416 g/mol. The van der Waals surface area contributed by atoms with E-state index in [4.69, 9.17) is 18.9 Å². The zero-order valence-electron chi connectivity index (χ0n) is 19.2. The monoisotopic (exact) mass is 446 g/mol. The summed E-state index contributed by atoms with van der Waals surface area (Å²) < 4.78 is 24.9. The Labute approximate surface area is 194 Å². The van der Waals surface area contributed by atoms with E-state index >= 15 is 0 Å². The summed E-state index contributed by atoms with van der Waals surface area (Å²) in [4.78, 5) is 0. The topological polar surface area (TPSA) is 57.2 Å². The highest BCUT2D eigenvalue weighted by Crippen LogP contribution is 2.45. The Morgan fingerprint density at radius 2 is 1.18 bits per heavy atom. The van der Waals surface area contributed by atoms with E-state index in [1.165, 1.54) is 0 Å². The van der Waals surface area contributed by atoms with Crippen LogP contribution in [0.2, 0.25) is 0 Å². The van der Waals surface area contributed by atoms with Crippen LogP contribution in [0.3, 0.4) is 0 Å². The van der Waals surface area contributed by atoms with Crippen molar-refractivity contribution in [2.24, 2.45) is 0 Å². The van der Waals surface area contributed by atoms with E-state index in [0.29, 0.717) is 0 Å². The first-order chi connectivity index (χ1) is 15.8. The van der Waals surface area contributed by atoms with Crippen molar-refractivity contribution in [3.63, 3.8) is 0 Å². The number of benzene rings is 3. The summed E-state index contributed by atoms with van der Waals surface area (Å²) in [5.41, 5.74) is 2.15. The molecule has 0 bridgehead atoms. The van der Waals surface area contributed by atoms with Crippen molar-refractivity contribution >= 4 is 0 Å². The Balaban J connectivity index is 1.56. The van der Waals surface area contributed by atoms with Gasteiger partial charge in [0, 0.05) is 0 Å². The van der Waals surface area contributed by atoms with Gasteiger partial charge in [-0.25, -0.2) is 0 Å². The van der Waals surface area contributed by atoms with Gasteiger partial charge in [0.25, 0.3) is 0 Å². The Morgan fingerprint density at radius 3 is 1.64 bits per heavy atom. The van der Waals surface area contributed by atoms with Gasteiger partial charge in [-0.1, -0.05) is 91.0 Å². The van der Waals surface area contributed by atoms with E-state index < -0.39 is 35.5 Å². The lowest BCUT2D eigenvalue weighted by molar-refractivity contribution is -0.271. The third kappa shape index (κ3) is 4.01. The van der Waals surface area contributed by atoms with Crippen LogP contribution in [0.1, 0.15) is 37.5 Å². The van der Waals surface area contributed by atoms with Gasteiger partial charge >= 0.3 is 0 Å². The van der Waals surface area contributed by atoms with Crippen LogP contribution >= 0.6 is 0 Å². The third-order valence-electron chi connectivity index (χ3n) is 6.42. The zero-order valence-corrected chi connectivity index (χ0v) is 19.2. The molecule has 2 fully saturated rings. The van der Waals surface area contributed by atoms with E-state index in [0.717, 1.165) is 16.7 Å². The van der Waals surface area contributed by atoms with Crippen LogP contribution in [0, 0.1) is 0 Å². The lowest BCUT2D eigenvalue weighted by atomic mass is 9.80. The lowest BCUT2D eigenvalue weighted by Gasteiger charge is -2.37. The van der Waals surface area contributed by atoms with Gasteiger partial charge in [0.2, 0.25) is 0 Å². The van der Waals surface area contributed by atoms with Gasteiger partial charge in [0.1, 0.15) is 23.9 Å². The van der Waals surface area contributed by atoms with Crippen LogP contribution in [0.25, 0.3) is 0 Å². The molecule has 2 aliphatic heterocycles. The summed E-state index contributed by atoms with van der Waals surface area (Å²) in [7, 11) is 0. The van der Waals surface area contributed by atoms with Crippen LogP contribution in [-0.4, -0.2) is 41.6 Å². The summed E-state index contributed by atoms with van der Waals surface area (Å²) in [6.45, 7) is 5.52. The molecule has 0 radical (unpaired) electrons. The van der Waals surface area contributed by atoms with Gasteiger partial charge in [-0.3, -0.25) is 0 Å². The third-order valence-corrected chi connectivity index (χ3v) is 6.42. The van der Waals surface area contributed by atoms with E-state index in [1.54, 1.807) is 6.92 Å². The molecule has 2 saturated heterocycles. The Bertz CT molecular complexity index is 969. The van der Waals surface area contributed by atoms with Crippen molar-refractivity contribution in [2.75, 3.05) is 6.61 Å². The molecule has 0 aromatic heterocycles. The molecule has 5 heteroatoms. The number of hydrogen-bond donors (Lipinski definition) is 1. The lowest BCUT2D eigenvalue weighted by Crippen LogP contribution is -2.40. The van der Waals surface area contributed by atoms with Gasteiger partial charge in [0.05, 0.1) is 6.61 Å². The fraction of sp³-hybridized carbons (Fsp3) is 0.357. The van der Waals surface area contributed by atoms with E-state index in [9.17, 15) is 5.11 Å². The van der Waals surface area contributed by atoms with E-state index in [-0.39, 0.29) is 6.61 Å². The maximum atomic E-state index is 10.9. The molecule has 33 heavy (non-hydrogen) atoms. The molecule has 5 rings (SSSR count). The summed E-state index contributed by atoms with van der Waals surface area (Å²) >= 11 is 0. The van der Waals surface area contributed by atoms with Crippen molar-refractivity contribution in [3.8, 4) is 0 Å². The number of fused-ring (bicyclic) bond motifs is 1. The predicted molar refractivity (Wildman–Crippen MR) is 124 cm³/mol. The second-order valence-corrected chi connectivity index (χ2v) is 9.32. The molecule has 0 spiro atoms. The number of rotatable bonds is 6. The highest BCUT2D eigenvalue weighted by atomic mass is 16.8. The quantitative estimate of drug-likeness (QED) is 0.560. The van der Waals surface area contributed by atoms with Crippen LogP contribution < -0.4 is 0 Å². The number of hydrogen-bond acceptors (Lipinski definition) is 5. The Morgan fingerprint density at radius 1 is 0.727 bits per heavy atom. The van der Waals surface area contributed by atoms with Crippen LogP contribution in [0.5, 0.6) is 0 Å². The minimum atomic E-state index is -1.46. The van der Waals surface area contributed by atoms with Crippen molar-refractivity contribution in [1.82, 2.24) is 0 Å². The molecule has 2 aliphatic rings. The summed E-state index contributed by atoms with van der Waals surface area (Å²) in [5, 5.41) is 10.9. The summed E-state index contributed by atoms with van der Waals surface area (Å²) in [6, 6.07) is 30.5. The van der Waals surface area contributed by atoms with Crippen molar-refractivity contribution < 1.29 is 24.1 Å². The van der Waals surface area contributed by atoms with Crippen LogP contribution in [0.15, 0.2) is 91.0 Å². The standard InChI is InChI=1S/C28H30O5/c1-26(2)32-24-23(31-27(3,29)25(24)33-26)19-30-28(20-13-7-4-8-14-20,21-15-9-5-10-16-21)22-17-11-6-12-18-22/h4-18,23-25,29H,19H2,1-3H3/t23-,24-,25-,27+/m1/s1. The number of aliphatic hydroxyl groups is 1. The maximum absolute atomic E-state index is 10.9. The fourth-order valence-corrected chi connectivity index (χ4v) is 5.02. The summed E-state index contributed by atoms with van der Waals surface area (Å²) in [5.74, 6) is -2.25. The molecular formula is C28H30O5. The van der Waals surface area contributed by atoms with Crippen LogP contribution in [-0.2, 0) is 24.5 Å². The first kappa shape index (κ1) is 22.3. The largest absolute Gasteiger partial charge is 0.364 e. The number of ether oxygens (including phenoxy) is 4. The minimum absolute atomic E-state index is 0.204. The predicted octanol–water partition coefficient (Wildman–Crippen LogP) is 4.62. The molecule has 1 N–H and O–H groups in total. The average molecular weight is 447 g/mol. The van der Waals surface area contributed by atoms with Gasteiger partial charge in [-0.15, -0.1) is 0 Å². The normalized spacial score (nSPS) is 28.5. The first-order valence-corrected chi connectivity index (χ1v) is 11.4. The smallest absolute Gasteiger partial charge is 0.192 e. The van der Waals surface area contributed by atoms with E-state index in [2.05, 4.69) is 36.4 Å². The molecule has 0 unspecified atom stereocenters. The van der Waals surface area contributed by atoms with Gasteiger partial charge in [-0.2, -0.15) is 0 Å². The Kier molecular flexibility index (Phi) is 5.63. The minimum Gasteiger partial charge on any atom is -0.364 e. The van der Waals surface area contributed by atoms with E-state index in [1.807, 2.05) is 68.4 Å². The Hall–Kier alpha value is -2.54. The van der Waals surface area contributed by atoms with Gasteiger partial charge < -0.3 is 24.1 Å². The molecule has 0 aliphatic carbocycles. The van der Waals surface area contributed by atoms with Crippen molar-refractivity contribution in [3.05, 3.63) is 108 Å². The molecule has 2 heterocycles. The molecule has 3 aromatic rings. The SMILES string of the molecule is CC1(C)O[C@H]2[C@@H](O1)[C@@](C)(O)O[C@@H]2COC(c1ccccc1)(c1ccccc1)c1ccccc1. The van der Waals surface area contributed by atoms with Crippen LogP contribution in [0.4, 0.5) is 0 Å². The van der Waals surface area contributed by atoms with Gasteiger partial charge in [-0.05, 0) is 37.5 Å². The maximum Gasteiger partial charge on any atom is 0.192 e. The highest BCUT2D eigenvalue weighted by Gasteiger charge is 2.60. The molecule has 5 nitrogen and oxygen atoms in total. The molecule has 3 aromatic carbocycles. The van der Waals surface area contributed by atoms with Crippen molar-refractivity contribution in [1.29, 1.82) is 0 Å². The second-order valence-electron chi connectivity index (χ2n) is 9.32. The van der Waals surface area contributed by atoms with Gasteiger partial charge in [0.15, 0.2) is 11.6 Å². The molecule has 4 atom stereocenters. The highest BCUT2D eigenvalue weighted by molar-refractivity contribution is 5.47. The zero-order chi connectivity index (χ0) is 23.1. The fourth-order valence-electron chi connectivity index (χ4n) is 5.02. The molecule has 0 amide bonds. The second kappa shape index (κ2) is 8.35. The molecule has 0 saturated carbocycles.